The Hall–Kier alpha value is -1.21. The normalized spacial score (nSPS) is 12.2. The third-order valence-electron chi connectivity index (χ3n) is 2.75. The zero-order chi connectivity index (χ0) is 15.0. The fraction of sp³-hybridized carbons (Fsp3) is 0.167. The van der Waals surface area contributed by atoms with Gasteiger partial charge in [-0.1, -0.05) is 41.7 Å². The average Bonchev–Trinajstić information content (AvgIpc) is 2.92. The van der Waals surface area contributed by atoms with Crippen LogP contribution in [0.15, 0.2) is 20.9 Å². The first-order valence-corrected chi connectivity index (χ1v) is 7.85. The van der Waals surface area contributed by atoms with Crippen molar-refractivity contribution in [3.05, 3.63) is 33.2 Å². The minimum absolute atomic E-state index is 0.363. The average molecular weight is 361 g/mol. The standard InChI is InChI=1S/C12H8Cl3N5S/c1-2-8-16-7(15)4-9(17-8)18-10-5(13)3-6(14)11-12(10)20-21-19-11/h3-4H,2H2,1H3,(H,16,17,18). The van der Waals surface area contributed by atoms with Gasteiger partial charge in [-0.05, 0) is 6.07 Å². The molecule has 2 aromatic rings. The number of fused-ring (bicyclic) bond motifs is 1. The lowest BCUT2D eigenvalue weighted by molar-refractivity contribution is 0.943. The van der Waals surface area contributed by atoms with Gasteiger partial charge in [-0.2, -0.15) is 8.73 Å². The molecule has 1 aliphatic heterocycles. The van der Waals surface area contributed by atoms with Crippen LogP contribution in [0.5, 0.6) is 0 Å². The van der Waals surface area contributed by atoms with Gasteiger partial charge in [0, 0.05) is 12.5 Å². The molecule has 21 heavy (non-hydrogen) atoms. The topological polar surface area (TPSA) is 62.5 Å². The lowest BCUT2D eigenvalue weighted by Gasteiger charge is -2.12. The van der Waals surface area contributed by atoms with Crippen LogP contribution in [-0.4, -0.2) is 9.97 Å². The molecule has 0 amide bonds. The van der Waals surface area contributed by atoms with Gasteiger partial charge in [0.2, 0.25) is 0 Å². The Balaban J connectivity index is 2.06. The molecule has 1 aromatic carbocycles. The SMILES string of the molecule is CCc1nc(Cl)cc(Nc2c(Cl)cc(Cl)c3c2N=S=N3)n1. The van der Waals surface area contributed by atoms with E-state index in [2.05, 4.69) is 24.0 Å². The fourth-order valence-electron chi connectivity index (χ4n) is 1.81. The molecule has 0 spiro atoms. The van der Waals surface area contributed by atoms with E-state index in [0.29, 0.717) is 50.3 Å². The first-order valence-electron chi connectivity index (χ1n) is 5.99. The molecule has 1 N–H and O–H groups in total. The van der Waals surface area contributed by atoms with E-state index in [4.69, 9.17) is 34.8 Å². The summed E-state index contributed by atoms with van der Waals surface area (Å²) < 4.78 is 8.38. The van der Waals surface area contributed by atoms with Crippen LogP contribution in [0.25, 0.3) is 0 Å². The van der Waals surface area contributed by atoms with Crippen molar-refractivity contribution < 1.29 is 0 Å². The van der Waals surface area contributed by atoms with Gasteiger partial charge >= 0.3 is 0 Å². The van der Waals surface area contributed by atoms with E-state index < -0.39 is 0 Å². The Kier molecular flexibility index (Phi) is 4.12. The second-order valence-electron chi connectivity index (χ2n) is 4.15. The molecule has 0 fully saturated rings. The second-order valence-corrected chi connectivity index (χ2v) is 5.88. The summed E-state index contributed by atoms with van der Waals surface area (Å²) >= 11 is 19.4. The van der Waals surface area contributed by atoms with Gasteiger partial charge in [-0.25, -0.2) is 9.97 Å². The summed E-state index contributed by atoms with van der Waals surface area (Å²) in [6, 6.07) is 3.25. The number of halogens is 3. The van der Waals surface area contributed by atoms with Crippen molar-refractivity contribution in [1.29, 1.82) is 0 Å². The molecule has 0 saturated carbocycles. The molecule has 5 nitrogen and oxygen atoms in total. The van der Waals surface area contributed by atoms with Gasteiger partial charge in [-0.15, -0.1) is 0 Å². The van der Waals surface area contributed by atoms with E-state index in [1.54, 1.807) is 12.1 Å². The predicted octanol–water partition coefficient (Wildman–Crippen LogP) is 5.47. The largest absolute Gasteiger partial charge is 0.337 e. The molecule has 3 rings (SSSR count). The van der Waals surface area contributed by atoms with Gasteiger partial charge in [0.1, 0.15) is 28.2 Å². The second kappa shape index (κ2) is 5.88. The summed E-state index contributed by atoms with van der Waals surface area (Å²) in [5.74, 6) is 1.19. The number of hydrogen-bond acceptors (Lipinski definition) is 5. The molecule has 1 aromatic heterocycles. The summed E-state index contributed by atoms with van der Waals surface area (Å²) in [6.45, 7) is 1.95. The minimum Gasteiger partial charge on any atom is -0.337 e. The summed E-state index contributed by atoms with van der Waals surface area (Å²) in [5.41, 5.74) is 1.80. The number of benzene rings is 1. The van der Waals surface area contributed by atoms with Crippen molar-refractivity contribution in [2.75, 3.05) is 5.32 Å². The third-order valence-corrected chi connectivity index (χ3v) is 4.06. The van der Waals surface area contributed by atoms with Crippen LogP contribution in [0, 0.1) is 0 Å². The van der Waals surface area contributed by atoms with Crippen LogP contribution >= 0.6 is 34.8 Å². The predicted molar refractivity (Wildman–Crippen MR) is 87.7 cm³/mol. The number of hydrogen-bond donors (Lipinski definition) is 1. The Morgan fingerprint density at radius 2 is 1.81 bits per heavy atom. The van der Waals surface area contributed by atoms with Crippen molar-refractivity contribution >= 4 is 69.0 Å². The lowest BCUT2D eigenvalue weighted by Crippen LogP contribution is -2.00. The number of aryl methyl sites for hydroxylation is 1. The first kappa shape index (κ1) is 14.7. The van der Waals surface area contributed by atoms with E-state index in [9.17, 15) is 0 Å². The third kappa shape index (κ3) is 2.89. The molecule has 0 saturated heterocycles. The molecular formula is C12H8Cl3N5S. The molecule has 0 unspecified atom stereocenters. The van der Waals surface area contributed by atoms with E-state index in [-0.39, 0.29) is 0 Å². The van der Waals surface area contributed by atoms with Gasteiger partial charge in [-0.3, -0.25) is 0 Å². The quantitative estimate of drug-likeness (QED) is 0.630. The summed E-state index contributed by atoms with van der Waals surface area (Å²) in [4.78, 5) is 8.48. The number of rotatable bonds is 3. The highest BCUT2D eigenvalue weighted by Gasteiger charge is 2.19. The molecular weight excluding hydrogens is 353 g/mol. The molecule has 0 aliphatic carbocycles. The fourth-order valence-corrected chi connectivity index (χ4v) is 3.17. The van der Waals surface area contributed by atoms with Gasteiger partial charge in [0.15, 0.2) is 0 Å². The van der Waals surface area contributed by atoms with E-state index >= 15 is 0 Å². The highest BCUT2D eigenvalue weighted by Crippen LogP contribution is 2.48. The number of aromatic nitrogens is 2. The Morgan fingerprint density at radius 3 is 2.57 bits per heavy atom. The maximum atomic E-state index is 6.24. The van der Waals surface area contributed by atoms with Crippen molar-refractivity contribution in [2.45, 2.75) is 13.3 Å². The molecule has 108 valence electrons. The van der Waals surface area contributed by atoms with Crippen LogP contribution in [0.3, 0.4) is 0 Å². The highest BCUT2D eigenvalue weighted by molar-refractivity contribution is 7.58. The zero-order valence-corrected chi connectivity index (χ0v) is 13.8. The summed E-state index contributed by atoms with van der Waals surface area (Å²) in [6.07, 6.45) is 0.678. The maximum absolute atomic E-state index is 6.24. The molecule has 0 atom stereocenters. The van der Waals surface area contributed by atoms with Crippen LogP contribution in [-0.2, 0) is 17.8 Å². The highest BCUT2D eigenvalue weighted by atomic mass is 35.5. The summed E-state index contributed by atoms with van der Waals surface area (Å²) in [5, 5.41) is 4.39. The maximum Gasteiger partial charge on any atom is 0.135 e. The Labute approximate surface area is 139 Å². The number of nitrogens with one attached hydrogen (secondary N) is 1. The summed E-state index contributed by atoms with van der Waals surface area (Å²) in [7, 11) is 0. The van der Waals surface area contributed by atoms with Gasteiger partial charge in [0.25, 0.3) is 0 Å². The Morgan fingerprint density at radius 1 is 1.05 bits per heavy atom. The van der Waals surface area contributed by atoms with Gasteiger partial charge < -0.3 is 5.32 Å². The van der Waals surface area contributed by atoms with Crippen LogP contribution < -0.4 is 5.32 Å². The lowest BCUT2D eigenvalue weighted by atomic mass is 10.2. The van der Waals surface area contributed by atoms with Crippen molar-refractivity contribution in [3.8, 4) is 0 Å². The number of nitrogens with zero attached hydrogens (tertiary/aromatic N) is 4. The van der Waals surface area contributed by atoms with Crippen molar-refractivity contribution in [2.24, 2.45) is 8.73 Å². The molecule has 1 aliphatic rings. The molecule has 0 radical (unpaired) electrons. The molecule has 9 heteroatoms. The van der Waals surface area contributed by atoms with E-state index in [1.165, 1.54) is 0 Å². The zero-order valence-electron chi connectivity index (χ0n) is 10.7. The van der Waals surface area contributed by atoms with E-state index in [0.717, 1.165) is 11.4 Å². The molecule has 2 heterocycles. The first-order chi connectivity index (χ1) is 10.1. The van der Waals surface area contributed by atoms with Crippen molar-refractivity contribution in [1.82, 2.24) is 9.97 Å². The molecule has 0 bridgehead atoms. The van der Waals surface area contributed by atoms with Crippen molar-refractivity contribution in [3.63, 3.8) is 0 Å². The van der Waals surface area contributed by atoms with E-state index in [1.807, 2.05) is 6.92 Å². The van der Waals surface area contributed by atoms with Crippen LogP contribution in [0.2, 0.25) is 15.2 Å². The van der Waals surface area contributed by atoms with Crippen LogP contribution in [0.4, 0.5) is 22.9 Å². The Bertz CT molecular complexity index is 802. The van der Waals surface area contributed by atoms with Gasteiger partial charge in [0.05, 0.1) is 27.1 Å². The smallest absolute Gasteiger partial charge is 0.135 e. The number of anilines is 2. The van der Waals surface area contributed by atoms with Crippen LogP contribution in [0.1, 0.15) is 12.7 Å². The monoisotopic (exact) mass is 359 g/mol. The minimum atomic E-state index is 0.363.